The molecule has 0 bridgehead atoms. The van der Waals surface area contributed by atoms with E-state index in [-0.39, 0.29) is 18.2 Å². The maximum Gasteiger partial charge on any atom is 0.242 e. The Bertz CT molecular complexity index is 767. The zero-order valence-corrected chi connectivity index (χ0v) is 14.1. The van der Waals surface area contributed by atoms with Gasteiger partial charge in [-0.3, -0.25) is 4.79 Å². The van der Waals surface area contributed by atoms with Gasteiger partial charge in [0.2, 0.25) is 15.9 Å². The number of sulfonamides is 1. The standard InChI is InChI=1S/C16H20N4O3S/c21-16(12-18-7-6-17-14-18)19-8-10-20(11-9-19)24(22,23)13-15-4-2-1-3-5-15/h1-7,14H,8-13H2. The highest BCUT2D eigenvalue weighted by Gasteiger charge is 2.28. The summed E-state index contributed by atoms with van der Waals surface area (Å²) in [5.74, 6) is -0.0234. The van der Waals surface area contributed by atoms with Gasteiger partial charge in [0.05, 0.1) is 12.1 Å². The first-order chi connectivity index (χ1) is 11.5. The van der Waals surface area contributed by atoms with Crippen LogP contribution in [0.4, 0.5) is 0 Å². The van der Waals surface area contributed by atoms with E-state index >= 15 is 0 Å². The molecule has 0 saturated carbocycles. The van der Waals surface area contributed by atoms with Crippen LogP contribution >= 0.6 is 0 Å². The second-order valence-electron chi connectivity index (χ2n) is 5.76. The lowest BCUT2D eigenvalue weighted by Crippen LogP contribution is -2.51. The Hall–Kier alpha value is -2.19. The molecular formula is C16H20N4O3S. The van der Waals surface area contributed by atoms with Gasteiger partial charge in [0.15, 0.2) is 0 Å². The van der Waals surface area contributed by atoms with Gasteiger partial charge in [0, 0.05) is 38.6 Å². The summed E-state index contributed by atoms with van der Waals surface area (Å²) < 4.78 is 28.2. The molecular weight excluding hydrogens is 328 g/mol. The monoisotopic (exact) mass is 348 g/mol. The van der Waals surface area contributed by atoms with E-state index in [1.165, 1.54) is 4.31 Å². The molecule has 1 amide bonds. The maximum absolute atomic E-state index is 12.5. The molecule has 1 aliphatic heterocycles. The molecule has 24 heavy (non-hydrogen) atoms. The molecule has 3 rings (SSSR count). The first-order valence-electron chi connectivity index (χ1n) is 7.80. The first-order valence-corrected chi connectivity index (χ1v) is 9.41. The van der Waals surface area contributed by atoms with Crippen LogP contribution in [-0.2, 0) is 27.1 Å². The predicted molar refractivity (Wildman–Crippen MR) is 89.4 cm³/mol. The molecule has 0 atom stereocenters. The summed E-state index contributed by atoms with van der Waals surface area (Å²) in [7, 11) is -3.36. The predicted octanol–water partition coefficient (Wildman–Crippen LogP) is 0.557. The highest BCUT2D eigenvalue weighted by Crippen LogP contribution is 2.14. The molecule has 0 radical (unpaired) electrons. The van der Waals surface area contributed by atoms with E-state index in [1.807, 2.05) is 30.3 Å². The van der Waals surface area contributed by atoms with Crippen molar-refractivity contribution in [3.8, 4) is 0 Å². The van der Waals surface area contributed by atoms with Crippen molar-refractivity contribution in [1.82, 2.24) is 18.8 Å². The molecule has 0 aliphatic carbocycles. The van der Waals surface area contributed by atoms with Gasteiger partial charge in [-0.1, -0.05) is 30.3 Å². The largest absolute Gasteiger partial charge is 0.339 e. The summed E-state index contributed by atoms with van der Waals surface area (Å²) in [4.78, 5) is 17.8. The van der Waals surface area contributed by atoms with Crippen molar-refractivity contribution in [3.05, 3.63) is 54.6 Å². The van der Waals surface area contributed by atoms with Crippen LogP contribution < -0.4 is 0 Å². The number of benzene rings is 1. The summed E-state index contributed by atoms with van der Waals surface area (Å²) in [6.07, 6.45) is 4.96. The average molecular weight is 348 g/mol. The number of nitrogens with zero attached hydrogens (tertiary/aromatic N) is 4. The van der Waals surface area contributed by atoms with E-state index < -0.39 is 10.0 Å². The number of aromatic nitrogens is 2. The molecule has 0 N–H and O–H groups in total. The van der Waals surface area contributed by atoms with Crippen molar-refractivity contribution in [3.63, 3.8) is 0 Å². The van der Waals surface area contributed by atoms with E-state index in [0.29, 0.717) is 26.2 Å². The smallest absolute Gasteiger partial charge is 0.242 e. The van der Waals surface area contributed by atoms with Gasteiger partial charge >= 0.3 is 0 Å². The van der Waals surface area contributed by atoms with Crippen LogP contribution in [0.25, 0.3) is 0 Å². The van der Waals surface area contributed by atoms with Crippen molar-refractivity contribution in [2.75, 3.05) is 26.2 Å². The van der Waals surface area contributed by atoms with E-state index in [9.17, 15) is 13.2 Å². The number of hydrogen-bond acceptors (Lipinski definition) is 4. The molecule has 0 unspecified atom stereocenters. The molecule has 8 heteroatoms. The summed E-state index contributed by atoms with van der Waals surface area (Å²) in [5.41, 5.74) is 0.774. The first kappa shape index (κ1) is 16.7. The quantitative estimate of drug-likeness (QED) is 0.791. The Kier molecular flexibility index (Phi) is 4.96. The molecule has 1 aromatic heterocycles. The van der Waals surface area contributed by atoms with Gasteiger partial charge in [-0.05, 0) is 5.56 Å². The zero-order chi connectivity index (χ0) is 17.0. The van der Waals surface area contributed by atoms with Crippen molar-refractivity contribution < 1.29 is 13.2 Å². The molecule has 7 nitrogen and oxygen atoms in total. The van der Waals surface area contributed by atoms with Crippen molar-refractivity contribution in [1.29, 1.82) is 0 Å². The molecule has 128 valence electrons. The molecule has 1 aliphatic rings. The summed E-state index contributed by atoms with van der Waals surface area (Å²) in [6, 6.07) is 9.14. The Balaban J connectivity index is 1.55. The second-order valence-corrected chi connectivity index (χ2v) is 7.73. The number of imidazole rings is 1. The Labute approximate surface area is 141 Å². The van der Waals surface area contributed by atoms with E-state index in [2.05, 4.69) is 4.98 Å². The number of hydrogen-bond donors (Lipinski definition) is 0. The van der Waals surface area contributed by atoms with Gasteiger partial charge in [-0.15, -0.1) is 0 Å². The third kappa shape index (κ3) is 4.01. The molecule has 1 fully saturated rings. The minimum atomic E-state index is -3.36. The number of carbonyl (C=O) groups excluding carboxylic acids is 1. The lowest BCUT2D eigenvalue weighted by atomic mass is 10.2. The Morgan fingerprint density at radius 1 is 1.08 bits per heavy atom. The number of carbonyl (C=O) groups is 1. The minimum absolute atomic E-state index is 0.00315. The number of piperazine rings is 1. The Morgan fingerprint density at radius 3 is 2.42 bits per heavy atom. The van der Waals surface area contributed by atoms with Crippen LogP contribution in [-0.4, -0.2) is 59.3 Å². The van der Waals surface area contributed by atoms with Gasteiger partial charge in [0.1, 0.15) is 6.54 Å². The fraction of sp³-hybridized carbons (Fsp3) is 0.375. The fourth-order valence-electron chi connectivity index (χ4n) is 2.73. The molecule has 2 heterocycles. The van der Waals surface area contributed by atoms with Crippen molar-refractivity contribution in [2.45, 2.75) is 12.3 Å². The van der Waals surface area contributed by atoms with E-state index in [1.54, 1.807) is 28.2 Å². The minimum Gasteiger partial charge on any atom is -0.339 e. The fourth-order valence-corrected chi connectivity index (χ4v) is 4.24. The third-order valence-corrected chi connectivity index (χ3v) is 5.90. The maximum atomic E-state index is 12.5. The van der Waals surface area contributed by atoms with Crippen LogP contribution in [0.5, 0.6) is 0 Å². The van der Waals surface area contributed by atoms with E-state index in [4.69, 9.17) is 0 Å². The molecule has 1 saturated heterocycles. The van der Waals surface area contributed by atoms with Crippen LogP contribution in [0.3, 0.4) is 0 Å². The molecule has 2 aromatic rings. The Morgan fingerprint density at radius 2 is 1.79 bits per heavy atom. The van der Waals surface area contributed by atoms with Crippen LogP contribution in [0.2, 0.25) is 0 Å². The van der Waals surface area contributed by atoms with Crippen molar-refractivity contribution in [2.24, 2.45) is 0 Å². The topological polar surface area (TPSA) is 75.5 Å². The lowest BCUT2D eigenvalue weighted by Gasteiger charge is -2.34. The lowest BCUT2D eigenvalue weighted by molar-refractivity contribution is -0.133. The summed E-state index contributed by atoms with van der Waals surface area (Å²) in [6.45, 7) is 1.75. The number of amides is 1. The summed E-state index contributed by atoms with van der Waals surface area (Å²) in [5, 5.41) is 0. The van der Waals surface area contributed by atoms with Gasteiger partial charge < -0.3 is 9.47 Å². The average Bonchev–Trinajstić information content (AvgIpc) is 3.08. The second kappa shape index (κ2) is 7.14. The zero-order valence-electron chi connectivity index (χ0n) is 13.3. The molecule has 1 aromatic carbocycles. The van der Waals surface area contributed by atoms with Gasteiger partial charge in [-0.2, -0.15) is 4.31 Å². The SMILES string of the molecule is O=C(Cn1ccnc1)N1CCN(S(=O)(=O)Cc2ccccc2)CC1. The van der Waals surface area contributed by atoms with Crippen LogP contribution in [0.15, 0.2) is 49.1 Å². The van der Waals surface area contributed by atoms with E-state index in [0.717, 1.165) is 5.56 Å². The normalized spacial score (nSPS) is 16.2. The highest BCUT2D eigenvalue weighted by atomic mass is 32.2. The van der Waals surface area contributed by atoms with Crippen LogP contribution in [0.1, 0.15) is 5.56 Å². The van der Waals surface area contributed by atoms with Gasteiger partial charge in [-0.25, -0.2) is 13.4 Å². The highest BCUT2D eigenvalue weighted by molar-refractivity contribution is 7.88. The van der Waals surface area contributed by atoms with Crippen LogP contribution in [0, 0.1) is 0 Å². The molecule has 0 spiro atoms. The van der Waals surface area contributed by atoms with Crippen molar-refractivity contribution >= 4 is 15.9 Å². The summed E-state index contributed by atoms with van der Waals surface area (Å²) >= 11 is 0. The third-order valence-electron chi connectivity index (χ3n) is 4.05. The number of rotatable bonds is 5. The van der Waals surface area contributed by atoms with Gasteiger partial charge in [0.25, 0.3) is 0 Å².